The molecule has 1 rings (SSSR count). The Morgan fingerprint density at radius 1 is 1.46 bits per heavy atom. The lowest BCUT2D eigenvalue weighted by Crippen LogP contribution is -2.08. The molecule has 13 heavy (non-hydrogen) atoms. The van der Waals surface area contributed by atoms with Gasteiger partial charge in [0.2, 0.25) is 5.82 Å². The van der Waals surface area contributed by atoms with Crippen LogP contribution in [0.3, 0.4) is 0 Å². The maximum atomic E-state index is 12.1. The maximum absolute atomic E-state index is 12.1. The van der Waals surface area contributed by atoms with Crippen LogP contribution in [0, 0.1) is 6.92 Å². The van der Waals surface area contributed by atoms with Crippen LogP contribution in [-0.4, -0.2) is 16.5 Å². The summed E-state index contributed by atoms with van der Waals surface area (Å²) in [7, 11) is 0. The highest BCUT2D eigenvalue weighted by Gasteiger charge is 2.35. The summed E-state index contributed by atoms with van der Waals surface area (Å²) in [6, 6.07) is 0. The zero-order chi connectivity index (χ0) is 10.1. The van der Waals surface area contributed by atoms with Gasteiger partial charge in [0.1, 0.15) is 0 Å². The van der Waals surface area contributed by atoms with E-state index >= 15 is 0 Å². The van der Waals surface area contributed by atoms with Gasteiger partial charge in [0.05, 0.1) is 5.69 Å². The van der Waals surface area contributed by atoms with Crippen molar-refractivity contribution >= 4 is 0 Å². The van der Waals surface area contributed by atoms with Gasteiger partial charge in [0.15, 0.2) is 0 Å². The van der Waals surface area contributed by atoms with Crippen LogP contribution in [-0.2, 0) is 12.6 Å². The summed E-state index contributed by atoms with van der Waals surface area (Å²) >= 11 is 0. The average Bonchev–Trinajstić information content (AvgIpc) is 2.32. The summed E-state index contributed by atoms with van der Waals surface area (Å²) in [5.41, 5.74) is 6.03. The van der Waals surface area contributed by atoms with Crippen molar-refractivity contribution in [1.82, 2.24) is 9.97 Å². The molecule has 0 amide bonds. The Morgan fingerprint density at radius 2 is 2.08 bits per heavy atom. The largest absolute Gasteiger partial charge is 0.449 e. The number of rotatable bonds is 2. The summed E-state index contributed by atoms with van der Waals surface area (Å²) in [5.74, 6) is -0.951. The minimum Gasteiger partial charge on any atom is -0.338 e. The van der Waals surface area contributed by atoms with E-state index in [1.807, 2.05) is 0 Å². The van der Waals surface area contributed by atoms with Gasteiger partial charge in [-0.1, -0.05) is 0 Å². The first-order chi connectivity index (χ1) is 5.95. The van der Waals surface area contributed by atoms with Gasteiger partial charge in [0, 0.05) is 12.1 Å². The summed E-state index contributed by atoms with van der Waals surface area (Å²) in [6.45, 7) is 1.84. The van der Waals surface area contributed by atoms with Crippen LogP contribution in [0.25, 0.3) is 0 Å². The number of aromatic amines is 1. The zero-order valence-corrected chi connectivity index (χ0v) is 7.07. The average molecular weight is 193 g/mol. The summed E-state index contributed by atoms with van der Waals surface area (Å²) in [4.78, 5) is 5.59. The Balaban J connectivity index is 2.95. The molecular weight excluding hydrogens is 183 g/mol. The quantitative estimate of drug-likeness (QED) is 0.742. The van der Waals surface area contributed by atoms with Crippen LogP contribution in [0.1, 0.15) is 17.2 Å². The molecule has 0 atom stereocenters. The first-order valence-electron chi connectivity index (χ1n) is 3.78. The van der Waals surface area contributed by atoms with E-state index in [1.54, 1.807) is 6.92 Å². The molecule has 6 heteroatoms. The lowest BCUT2D eigenvalue weighted by Gasteiger charge is -1.99. The summed E-state index contributed by atoms with van der Waals surface area (Å²) in [6.07, 6.45) is -4.05. The van der Waals surface area contributed by atoms with E-state index in [9.17, 15) is 13.2 Å². The number of aryl methyl sites for hydroxylation is 1. The molecule has 0 aliphatic heterocycles. The second kappa shape index (κ2) is 3.37. The van der Waals surface area contributed by atoms with Crippen molar-refractivity contribution in [2.45, 2.75) is 19.5 Å². The van der Waals surface area contributed by atoms with E-state index in [0.29, 0.717) is 24.4 Å². The van der Waals surface area contributed by atoms with Gasteiger partial charge in [-0.3, -0.25) is 0 Å². The van der Waals surface area contributed by atoms with Crippen LogP contribution in [0.2, 0.25) is 0 Å². The Morgan fingerprint density at radius 3 is 2.46 bits per heavy atom. The number of alkyl halides is 3. The molecule has 0 spiro atoms. The second-order valence-corrected chi connectivity index (χ2v) is 2.69. The third kappa shape index (κ3) is 2.21. The lowest BCUT2D eigenvalue weighted by atomic mass is 10.3. The van der Waals surface area contributed by atoms with Crippen LogP contribution >= 0.6 is 0 Å². The standard InChI is InChI=1S/C7H10F3N3/c1-4-5(2-3-11)13-6(12-4)7(8,9)10/h2-3,11H2,1H3,(H,12,13). The highest BCUT2D eigenvalue weighted by atomic mass is 19.4. The second-order valence-electron chi connectivity index (χ2n) is 2.69. The van der Waals surface area contributed by atoms with Crippen molar-refractivity contribution in [3.8, 4) is 0 Å². The van der Waals surface area contributed by atoms with Gasteiger partial charge in [-0.2, -0.15) is 13.2 Å². The number of aromatic nitrogens is 2. The topological polar surface area (TPSA) is 54.7 Å². The molecule has 0 bridgehead atoms. The molecule has 0 aliphatic rings. The minimum absolute atomic E-state index is 0.295. The molecule has 0 unspecified atom stereocenters. The van der Waals surface area contributed by atoms with Gasteiger partial charge in [-0.25, -0.2) is 4.98 Å². The Hall–Kier alpha value is -1.04. The van der Waals surface area contributed by atoms with Crippen molar-refractivity contribution in [1.29, 1.82) is 0 Å². The van der Waals surface area contributed by atoms with E-state index in [-0.39, 0.29) is 0 Å². The van der Waals surface area contributed by atoms with Crippen molar-refractivity contribution in [2.24, 2.45) is 5.73 Å². The number of nitrogens with zero attached hydrogens (tertiary/aromatic N) is 1. The SMILES string of the molecule is Cc1[nH]c(C(F)(F)F)nc1CCN. The third-order valence-corrected chi connectivity index (χ3v) is 1.64. The number of H-pyrrole nitrogens is 1. The highest BCUT2D eigenvalue weighted by Crippen LogP contribution is 2.27. The minimum atomic E-state index is -4.41. The van der Waals surface area contributed by atoms with Crippen LogP contribution in [0.15, 0.2) is 0 Å². The fraction of sp³-hybridized carbons (Fsp3) is 0.571. The Labute approximate surface area is 73.2 Å². The first-order valence-corrected chi connectivity index (χ1v) is 3.78. The summed E-state index contributed by atoms with van der Waals surface area (Å²) < 4.78 is 36.3. The normalized spacial score (nSPS) is 12.1. The number of hydrogen-bond donors (Lipinski definition) is 2. The van der Waals surface area contributed by atoms with Gasteiger partial charge in [-0.15, -0.1) is 0 Å². The number of imidazole rings is 1. The third-order valence-electron chi connectivity index (χ3n) is 1.64. The molecule has 0 radical (unpaired) electrons. The predicted octanol–water partition coefficient (Wildman–Crippen LogP) is 1.24. The monoisotopic (exact) mass is 193 g/mol. The number of halogens is 3. The highest BCUT2D eigenvalue weighted by molar-refractivity contribution is 5.14. The lowest BCUT2D eigenvalue weighted by molar-refractivity contribution is -0.144. The maximum Gasteiger partial charge on any atom is 0.449 e. The molecule has 0 saturated carbocycles. The zero-order valence-electron chi connectivity index (χ0n) is 7.07. The molecule has 3 N–H and O–H groups in total. The summed E-state index contributed by atoms with van der Waals surface area (Å²) in [5, 5.41) is 0. The molecule has 74 valence electrons. The van der Waals surface area contributed by atoms with E-state index in [0.717, 1.165) is 0 Å². The van der Waals surface area contributed by atoms with E-state index in [2.05, 4.69) is 9.97 Å². The predicted molar refractivity (Wildman–Crippen MR) is 41.1 cm³/mol. The number of nitrogens with one attached hydrogen (secondary N) is 1. The molecule has 1 aromatic rings. The molecule has 0 aromatic carbocycles. The van der Waals surface area contributed by atoms with Crippen molar-refractivity contribution < 1.29 is 13.2 Å². The molecule has 3 nitrogen and oxygen atoms in total. The Bertz CT molecular complexity index is 290. The number of nitrogens with two attached hydrogens (primary N) is 1. The van der Waals surface area contributed by atoms with Gasteiger partial charge in [0.25, 0.3) is 0 Å². The van der Waals surface area contributed by atoms with Crippen LogP contribution in [0.4, 0.5) is 13.2 Å². The molecule has 1 heterocycles. The fourth-order valence-corrected chi connectivity index (χ4v) is 1.01. The van der Waals surface area contributed by atoms with Gasteiger partial charge >= 0.3 is 6.18 Å². The first kappa shape index (κ1) is 10.0. The van der Waals surface area contributed by atoms with Crippen LogP contribution < -0.4 is 5.73 Å². The van der Waals surface area contributed by atoms with E-state index in [1.165, 1.54) is 0 Å². The molecule has 1 aromatic heterocycles. The van der Waals surface area contributed by atoms with Crippen LogP contribution in [0.5, 0.6) is 0 Å². The Kier molecular flexibility index (Phi) is 2.60. The van der Waals surface area contributed by atoms with Crippen molar-refractivity contribution in [3.63, 3.8) is 0 Å². The van der Waals surface area contributed by atoms with E-state index in [4.69, 9.17) is 5.73 Å². The molecule has 0 saturated heterocycles. The fourth-order valence-electron chi connectivity index (χ4n) is 1.01. The molecule has 0 aliphatic carbocycles. The smallest absolute Gasteiger partial charge is 0.338 e. The van der Waals surface area contributed by atoms with Gasteiger partial charge in [-0.05, 0) is 13.5 Å². The molecule has 0 fully saturated rings. The van der Waals surface area contributed by atoms with Gasteiger partial charge < -0.3 is 10.7 Å². The van der Waals surface area contributed by atoms with E-state index < -0.39 is 12.0 Å². The van der Waals surface area contributed by atoms with Crippen molar-refractivity contribution in [3.05, 3.63) is 17.2 Å². The van der Waals surface area contributed by atoms with Crippen molar-refractivity contribution in [2.75, 3.05) is 6.54 Å². The number of hydrogen-bond acceptors (Lipinski definition) is 2. The molecular formula is C7H10F3N3.